The molecular formula is C13H17ClN2O2. The van der Waals surface area contributed by atoms with Crippen LogP contribution in [0.15, 0.2) is 24.3 Å². The Bertz CT molecular complexity index is 425. The van der Waals surface area contributed by atoms with E-state index in [1.807, 2.05) is 24.3 Å². The Labute approximate surface area is 111 Å². The van der Waals surface area contributed by atoms with Crippen molar-refractivity contribution < 1.29 is 9.90 Å². The molecule has 1 heterocycles. The van der Waals surface area contributed by atoms with Crippen molar-refractivity contribution >= 4 is 17.5 Å². The SMILES string of the molecule is O=C(NCCc1cccc(Cl)c1)[C@@H]1C[C@H](O)CN1. The summed E-state index contributed by atoms with van der Waals surface area (Å²) in [4.78, 5) is 11.7. The summed E-state index contributed by atoms with van der Waals surface area (Å²) in [5.74, 6) is -0.0476. The maximum atomic E-state index is 11.7. The number of amides is 1. The van der Waals surface area contributed by atoms with Crippen molar-refractivity contribution in [1.29, 1.82) is 0 Å². The van der Waals surface area contributed by atoms with E-state index in [-0.39, 0.29) is 11.9 Å². The van der Waals surface area contributed by atoms with E-state index in [0.717, 1.165) is 12.0 Å². The van der Waals surface area contributed by atoms with E-state index in [1.165, 1.54) is 0 Å². The first kappa shape index (κ1) is 13.3. The molecule has 1 aliphatic heterocycles. The Balaban J connectivity index is 1.73. The highest BCUT2D eigenvalue weighted by Gasteiger charge is 2.27. The van der Waals surface area contributed by atoms with Crippen LogP contribution in [0.5, 0.6) is 0 Å². The van der Waals surface area contributed by atoms with Crippen LogP contribution in [-0.4, -0.2) is 36.2 Å². The average molecular weight is 269 g/mol. The zero-order valence-corrected chi connectivity index (χ0v) is 10.8. The summed E-state index contributed by atoms with van der Waals surface area (Å²) in [6.07, 6.45) is 0.832. The Kier molecular flexibility index (Phi) is 4.58. The maximum absolute atomic E-state index is 11.7. The lowest BCUT2D eigenvalue weighted by molar-refractivity contribution is -0.122. The topological polar surface area (TPSA) is 61.4 Å². The third-order valence-electron chi connectivity index (χ3n) is 3.03. The van der Waals surface area contributed by atoms with Gasteiger partial charge in [0.1, 0.15) is 0 Å². The van der Waals surface area contributed by atoms with Gasteiger partial charge in [0.05, 0.1) is 12.1 Å². The molecule has 2 atom stereocenters. The van der Waals surface area contributed by atoms with Gasteiger partial charge >= 0.3 is 0 Å². The van der Waals surface area contributed by atoms with Crippen molar-refractivity contribution in [1.82, 2.24) is 10.6 Å². The highest BCUT2D eigenvalue weighted by molar-refractivity contribution is 6.30. The molecule has 0 radical (unpaired) electrons. The zero-order valence-electron chi connectivity index (χ0n) is 10.0. The molecule has 5 heteroatoms. The van der Waals surface area contributed by atoms with Crippen molar-refractivity contribution in [3.05, 3.63) is 34.9 Å². The lowest BCUT2D eigenvalue weighted by Crippen LogP contribution is -2.41. The average Bonchev–Trinajstić information content (AvgIpc) is 2.76. The molecule has 0 aromatic heterocycles. The summed E-state index contributed by atoms with van der Waals surface area (Å²) >= 11 is 5.88. The third kappa shape index (κ3) is 3.70. The molecule has 0 spiro atoms. The van der Waals surface area contributed by atoms with Crippen molar-refractivity contribution in [3.8, 4) is 0 Å². The normalized spacial score (nSPS) is 23.0. The second-order valence-corrected chi connectivity index (χ2v) is 4.96. The zero-order chi connectivity index (χ0) is 13.0. The lowest BCUT2D eigenvalue weighted by atomic mass is 10.1. The number of halogens is 1. The number of hydrogen-bond acceptors (Lipinski definition) is 3. The first-order valence-corrected chi connectivity index (χ1v) is 6.46. The van der Waals surface area contributed by atoms with Crippen LogP contribution in [0.1, 0.15) is 12.0 Å². The number of hydrogen-bond donors (Lipinski definition) is 3. The summed E-state index contributed by atoms with van der Waals surface area (Å²) < 4.78 is 0. The Morgan fingerprint density at radius 2 is 2.39 bits per heavy atom. The molecule has 1 saturated heterocycles. The van der Waals surface area contributed by atoms with Crippen LogP contribution in [0.4, 0.5) is 0 Å². The van der Waals surface area contributed by atoms with Crippen molar-refractivity contribution in [3.63, 3.8) is 0 Å². The van der Waals surface area contributed by atoms with Crippen LogP contribution in [0.2, 0.25) is 5.02 Å². The number of aliphatic hydroxyl groups excluding tert-OH is 1. The predicted molar refractivity (Wildman–Crippen MR) is 70.6 cm³/mol. The first-order valence-electron chi connectivity index (χ1n) is 6.09. The first-order chi connectivity index (χ1) is 8.65. The largest absolute Gasteiger partial charge is 0.392 e. The van der Waals surface area contributed by atoms with Crippen LogP contribution >= 0.6 is 11.6 Å². The van der Waals surface area contributed by atoms with Gasteiger partial charge in [-0.25, -0.2) is 0 Å². The summed E-state index contributed by atoms with van der Waals surface area (Å²) in [7, 11) is 0. The van der Waals surface area contributed by atoms with Crippen molar-refractivity contribution in [2.75, 3.05) is 13.1 Å². The van der Waals surface area contributed by atoms with Crippen LogP contribution in [-0.2, 0) is 11.2 Å². The van der Waals surface area contributed by atoms with E-state index in [9.17, 15) is 9.90 Å². The van der Waals surface area contributed by atoms with Gasteiger partial charge in [-0.1, -0.05) is 23.7 Å². The minimum Gasteiger partial charge on any atom is -0.392 e. The fraction of sp³-hybridized carbons (Fsp3) is 0.462. The van der Waals surface area contributed by atoms with E-state index in [2.05, 4.69) is 10.6 Å². The monoisotopic (exact) mass is 268 g/mol. The number of carbonyl (C=O) groups excluding carboxylic acids is 1. The molecule has 1 aromatic rings. The molecule has 1 aliphatic rings. The second kappa shape index (κ2) is 6.18. The smallest absolute Gasteiger partial charge is 0.237 e. The van der Waals surface area contributed by atoms with Crippen molar-refractivity contribution in [2.24, 2.45) is 0 Å². The van der Waals surface area contributed by atoms with Gasteiger partial charge < -0.3 is 15.7 Å². The van der Waals surface area contributed by atoms with Gasteiger partial charge in [0.25, 0.3) is 0 Å². The van der Waals surface area contributed by atoms with Gasteiger partial charge in [-0.05, 0) is 30.5 Å². The molecule has 0 bridgehead atoms. The van der Waals surface area contributed by atoms with Crippen LogP contribution < -0.4 is 10.6 Å². The number of benzene rings is 1. The number of nitrogens with one attached hydrogen (secondary N) is 2. The fourth-order valence-corrected chi connectivity index (χ4v) is 2.28. The third-order valence-corrected chi connectivity index (χ3v) is 3.26. The quantitative estimate of drug-likeness (QED) is 0.754. The molecule has 1 aromatic carbocycles. The van der Waals surface area contributed by atoms with Gasteiger partial charge in [0.2, 0.25) is 5.91 Å². The van der Waals surface area contributed by atoms with E-state index in [1.54, 1.807) is 0 Å². The Morgan fingerprint density at radius 1 is 1.56 bits per heavy atom. The minimum absolute atomic E-state index is 0.0476. The molecule has 1 amide bonds. The van der Waals surface area contributed by atoms with Crippen LogP contribution in [0.3, 0.4) is 0 Å². The van der Waals surface area contributed by atoms with Crippen molar-refractivity contribution in [2.45, 2.75) is 25.0 Å². The molecule has 18 heavy (non-hydrogen) atoms. The maximum Gasteiger partial charge on any atom is 0.237 e. The molecule has 98 valence electrons. The molecule has 3 N–H and O–H groups in total. The standard InChI is InChI=1S/C13H17ClN2O2/c14-10-3-1-2-9(6-10)4-5-15-13(18)12-7-11(17)8-16-12/h1-3,6,11-12,16-17H,4-5,7-8H2,(H,15,18)/t11-,12-/m0/s1. The van der Waals surface area contributed by atoms with E-state index < -0.39 is 6.10 Å². The minimum atomic E-state index is -0.409. The summed E-state index contributed by atoms with van der Waals surface area (Å²) in [5, 5.41) is 15.9. The predicted octanol–water partition coefficient (Wildman–Crippen LogP) is 0.721. The summed E-state index contributed by atoms with van der Waals surface area (Å²) in [6.45, 7) is 1.07. The van der Waals surface area contributed by atoms with Gasteiger partial charge in [-0.2, -0.15) is 0 Å². The number of carbonyl (C=O) groups is 1. The molecule has 4 nitrogen and oxygen atoms in total. The van der Waals surface area contributed by atoms with E-state index in [4.69, 9.17) is 11.6 Å². The van der Waals surface area contributed by atoms with E-state index >= 15 is 0 Å². The molecule has 0 saturated carbocycles. The summed E-state index contributed by atoms with van der Waals surface area (Å²) in [5.41, 5.74) is 1.10. The number of rotatable bonds is 4. The highest BCUT2D eigenvalue weighted by Crippen LogP contribution is 2.11. The number of β-amino-alcohol motifs (C(OH)–C–C–N with tert-alkyl or cyclic N) is 1. The second-order valence-electron chi connectivity index (χ2n) is 4.52. The molecular weight excluding hydrogens is 252 g/mol. The number of aliphatic hydroxyl groups is 1. The van der Waals surface area contributed by atoms with Gasteiger partial charge in [-0.15, -0.1) is 0 Å². The Hall–Kier alpha value is -1.10. The van der Waals surface area contributed by atoms with Crippen LogP contribution in [0.25, 0.3) is 0 Å². The van der Waals surface area contributed by atoms with Gasteiger partial charge in [-0.3, -0.25) is 4.79 Å². The molecule has 2 rings (SSSR count). The summed E-state index contributed by atoms with van der Waals surface area (Å²) in [6, 6.07) is 7.34. The molecule has 1 fully saturated rings. The highest BCUT2D eigenvalue weighted by atomic mass is 35.5. The molecule has 0 unspecified atom stereocenters. The van der Waals surface area contributed by atoms with Gasteiger partial charge in [0.15, 0.2) is 0 Å². The fourth-order valence-electron chi connectivity index (χ4n) is 2.06. The van der Waals surface area contributed by atoms with Crippen LogP contribution in [0, 0.1) is 0 Å². The Morgan fingerprint density at radius 3 is 3.06 bits per heavy atom. The lowest BCUT2D eigenvalue weighted by Gasteiger charge is -2.11. The van der Waals surface area contributed by atoms with E-state index in [0.29, 0.717) is 24.5 Å². The molecule has 0 aliphatic carbocycles. The van der Waals surface area contributed by atoms with Gasteiger partial charge in [0, 0.05) is 18.1 Å².